The van der Waals surface area contributed by atoms with Crippen LogP contribution in [0.25, 0.3) is 10.2 Å². The number of rotatable bonds is 1. The maximum Gasteiger partial charge on any atom is 0.266 e. The highest BCUT2D eigenvalue weighted by Gasteiger charge is 2.25. The van der Waals surface area contributed by atoms with Crippen LogP contribution in [0.15, 0.2) is 6.07 Å². The van der Waals surface area contributed by atoms with Crippen LogP contribution >= 0.6 is 11.3 Å². The topological polar surface area (TPSA) is 68.5 Å². The predicted octanol–water partition coefficient (Wildman–Crippen LogP) is 3.01. The number of nitrogens with zero attached hydrogens (tertiary/aromatic N) is 2. The molecule has 0 atom stereocenters. The lowest BCUT2D eigenvalue weighted by molar-refractivity contribution is 0.0307. The van der Waals surface area contributed by atoms with Crippen LogP contribution in [0.1, 0.15) is 46.6 Å². The highest BCUT2D eigenvalue weighted by Crippen LogP contribution is 2.35. The molecule has 1 amide bonds. The van der Waals surface area contributed by atoms with Crippen molar-refractivity contribution in [3.05, 3.63) is 22.2 Å². The summed E-state index contributed by atoms with van der Waals surface area (Å²) in [7, 11) is 0. The van der Waals surface area contributed by atoms with Crippen molar-refractivity contribution in [2.24, 2.45) is 0 Å². The molecule has 0 aromatic carbocycles. The van der Waals surface area contributed by atoms with E-state index in [0.29, 0.717) is 36.9 Å². The number of hydrogen-bond acceptors (Lipinski definition) is 5. The van der Waals surface area contributed by atoms with Gasteiger partial charge in [-0.3, -0.25) is 4.79 Å². The Morgan fingerprint density at radius 3 is 2.71 bits per heavy atom. The first-order valence-electron chi connectivity index (χ1n) is 8.82. The van der Waals surface area contributed by atoms with Crippen molar-refractivity contribution in [2.45, 2.75) is 38.5 Å². The van der Waals surface area contributed by atoms with Crippen LogP contribution in [0.5, 0.6) is 0 Å². The number of hydrogen-bond donors (Lipinski definition) is 1. The molecule has 1 saturated heterocycles. The van der Waals surface area contributed by atoms with Gasteiger partial charge in [-0.1, -0.05) is 12.8 Å². The highest BCUT2D eigenvalue weighted by atomic mass is 32.1. The molecule has 1 aliphatic carbocycles. The number of carbonyl (C=O) groups is 1. The molecule has 24 heavy (non-hydrogen) atoms. The molecular formula is C18H23N3O2S. The summed E-state index contributed by atoms with van der Waals surface area (Å²) in [5.74, 6) is 0.0196. The van der Waals surface area contributed by atoms with Gasteiger partial charge in [0.1, 0.15) is 9.71 Å². The van der Waals surface area contributed by atoms with E-state index in [1.54, 1.807) is 0 Å². The third kappa shape index (κ3) is 2.89. The van der Waals surface area contributed by atoms with Crippen molar-refractivity contribution in [1.82, 2.24) is 9.88 Å². The van der Waals surface area contributed by atoms with Crippen LogP contribution < -0.4 is 5.73 Å². The van der Waals surface area contributed by atoms with Gasteiger partial charge in [0, 0.05) is 24.2 Å². The third-order valence-corrected chi connectivity index (χ3v) is 6.10. The second kappa shape index (κ2) is 6.69. The summed E-state index contributed by atoms with van der Waals surface area (Å²) in [4.78, 5) is 21.0. The van der Waals surface area contributed by atoms with Gasteiger partial charge in [0.2, 0.25) is 0 Å². The number of amides is 1. The summed E-state index contributed by atoms with van der Waals surface area (Å²) < 4.78 is 5.33. The van der Waals surface area contributed by atoms with E-state index in [1.807, 2.05) is 4.90 Å². The monoisotopic (exact) mass is 345 g/mol. The highest BCUT2D eigenvalue weighted by molar-refractivity contribution is 7.21. The van der Waals surface area contributed by atoms with E-state index in [-0.39, 0.29) is 5.91 Å². The molecule has 2 aliphatic rings. The number of morpholine rings is 1. The van der Waals surface area contributed by atoms with Crippen LogP contribution in [0.3, 0.4) is 0 Å². The first-order valence-corrected chi connectivity index (χ1v) is 9.63. The van der Waals surface area contributed by atoms with Crippen LogP contribution in [-0.2, 0) is 17.6 Å². The van der Waals surface area contributed by atoms with Crippen molar-refractivity contribution in [3.63, 3.8) is 0 Å². The Hall–Kier alpha value is -1.66. The zero-order chi connectivity index (χ0) is 16.5. The number of nitrogens with two attached hydrogens (primary N) is 1. The Balaban J connectivity index is 1.72. The van der Waals surface area contributed by atoms with Gasteiger partial charge in [0.15, 0.2) is 0 Å². The van der Waals surface area contributed by atoms with E-state index in [4.69, 9.17) is 15.5 Å². The summed E-state index contributed by atoms with van der Waals surface area (Å²) in [5.41, 5.74) is 9.46. The van der Waals surface area contributed by atoms with Crippen molar-refractivity contribution < 1.29 is 9.53 Å². The van der Waals surface area contributed by atoms with E-state index in [1.165, 1.54) is 48.3 Å². The Morgan fingerprint density at radius 2 is 1.92 bits per heavy atom. The van der Waals surface area contributed by atoms with Gasteiger partial charge < -0.3 is 15.4 Å². The number of aromatic nitrogens is 1. The number of nitrogen functional groups attached to an aromatic ring is 1. The number of fused-ring (bicyclic) bond motifs is 2. The quantitative estimate of drug-likeness (QED) is 0.863. The van der Waals surface area contributed by atoms with Crippen LogP contribution in [0.2, 0.25) is 0 Å². The molecule has 1 fully saturated rings. The van der Waals surface area contributed by atoms with Crippen LogP contribution in [-0.4, -0.2) is 42.1 Å². The average Bonchev–Trinajstić information content (AvgIpc) is 2.91. The molecule has 0 spiro atoms. The standard InChI is InChI=1S/C18H23N3O2S/c19-15-13-11-12-5-3-1-2-4-6-14(12)20-17(13)24-16(15)18(22)21-7-9-23-10-8-21/h11H,1-10,19H2. The molecule has 2 aromatic heterocycles. The van der Waals surface area contributed by atoms with E-state index in [0.717, 1.165) is 23.1 Å². The fourth-order valence-electron chi connectivity index (χ4n) is 3.58. The van der Waals surface area contributed by atoms with E-state index < -0.39 is 0 Å². The summed E-state index contributed by atoms with van der Waals surface area (Å²) >= 11 is 1.44. The van der Waals surface area contributed by atoms with Gasteiger partial charge in [0.25, 0.3) is 5.91 Å². The van der Waals surface area contributed by atoms with Crippen molar-refractivity contribution in [1.29, 1.82) is 0 Å². The Bertz CT molecular complexity index is 765. The van der Waals surface area contributed by atoms with Gasteiger partial charge in [-0.05, 0) is 37.3 Å². The molecule has 128 valence electrons. The predicted molar refractivity (Wildman–Crippen MR) is 96.6 cm³/mol. The molecule has 6 heteroatoms. The number of thiophene rings is 1. The average molecular weight is 345 g/mol. The van der Waals surface area contributed by atoms with Gasteiger partial charge in [-0.15, -0.1) is 11.3 Å². The number of ether oxygens (including phenoxy) is 1. The molecular weight excluding hydrogens is 322 g/mol. The van der Waals surface area contributed by atoms with Crippen LogP contribution in [0, 0.1) is 0 Å². The fraction of sp³-hybridized carbons (Fsp3) is 0.556. The van der Waals surface area contributed by atoms with Gasteiger partial charge >= 0.3 is 0 Å². The Labute approximate surface area is 145 Å². The second-order valence-corrected chi connectivity index (χ2v) is 7.61. The normalized spacial score (nSPS) is 18.9. The first-order chi connectivity index (χ1) is 11.7. The Morgan fingerprint density at radius 1 is 1.17 bits per heavy atom. The minimum atomic E-state index is 0.0196. The molecule has 2 aromatic rings. The Kier molecular flexibility index (Phi) is 4.41. The van der Waals surface area contributed by atoms with Crippen molar-refractivity contribution in [3.8, 4) is 0 Å². The molecule has 2 N–H and O–H groups in total. The van der Waals surface area contributed by atoms with Gasteiger partial charge in [0.05, 0.1) is 18.9 Å². The second-order valence-electron chi connectivity index (χ2n) is 6.61. The van der Waals surface area contributed by atoms with Gasteiger partial charge in [-0.2, -0.15) is 0 Å². The number of aryl methyl sites for hydroxylation is 2. The molecule has 4 rings (SSSR count). The molecule has 0 unspecified atom stereocenters. The molecule has 0 radical (unpaired) electrons. The minimum Gasteiger partial charge on any atom is -0.397 e. The summed E-state index contributed by atoms with van der Waals surface area (Å²) in [5, 5.41) is 0.955. The molecule has 3 heterocycles. The zero-order valence-electron chi connectivity index (χ0n) is 13.8. The lowest BCUT2D eigenvalue weighted by Gasteiger charge is -2.26. The van der Waals surface area contributed by atoms with E-state index >= 15 is 0 Å². The minimum absolute atomic E-state index is 0.0196. The summed E-state index contributed by atoms with van der Waals surface area (Å²) in [6.07, 6.45) is 7.09. The first kappa shape index (κ1) is 15.8. The maximum atomic E-state index is 12.8. The van der Waals surface area contributed by atoms with E-state index in [9.17, 15) is 4.79 Å². The third-order valence-electron chi connectivity index (χ3n) is 4.99. The largest absolute Gasteiger partial charge is 0.397 e. The molecule has 1 aliphatic heterocycles. The molecule has 0 saturated carbocycles. The molecule has 0 bridgehead atoms. The smallest absolute Gasteiger partial charge is 0.266 e. The van der Waals surface area contributed by atoms with Gasteiger partial charge in [-0.25, -0.2) is 4.98 Å². The number of anilines is 1. The molecule has 5 nitrogen and oxygen atoms in total. The number of pyridine rings is 1. The summed E-state index contributed by atoms with van der Waals surface area (Å²) in [6, 6.07) is 2.19. The maximum absolute atomic E-state index is 12.8. The summed E-state index contributed by atoms with van der Waals surface area (Å²) in [6.45, 7) is 2.47. The fourth-order valence-corrected chi connectivity index (χ4v) is 4.65. The lowest BCUT2D eigenvalue weighted by Crippen LogP contribution is -2.40. The SMILES string of the molecule is Nc1c(C(=O)N2CCOCC2)sc2nc3c(cc12)CCCCCC3. The van der Waals surface area contributed by atoms with Crippen molar-refractivity contribution in [2.75, 3.05) is 32.0 Å². The zero-order valence-corrected chi connectivity index (χ0v) is 14.7. The number of carbonyl (C=O) groups excluding carboxylic acids is 1. The lowest BCUT2D eigenvalue weighted by atomic mass is 9.96. The van der Waals surface area contributed by atoms with E-state index in [2.05, 4.69) is 6.07 Å². The van der Waals surface area contributed by atoms with Crippen molar-refractivity contribution >= 4 is 33.1 Å². The van der Waals surface area contributed by atoms with Crippen LogP contribution in [0.4, 0.5) is 5.69 Å².